The lowest BCUT2D eigenvalue weighted by molar-refractivity contribution is -0.125. The third-order valence-electron chi connectivity index (χ3n) is 2.11. The number of aryl methyl sites for hydroxylation is 2. The van der Waals surface area contributed by atoms with Crippen molar-refractivity contribution in [3.63, 3.8) is 0 Å². The second kappa shape index (κ2) is 4.73. The second-order valence-corrected chi connectivity index (χ2v) is 3.42. The van der Waals surface area contributed by atoms with Crippen LogP contribution in [-0.4, -0.2) is 29.6 Å². The van der Waals surface area contributed by atoms with E-state index in [1.54, 1.807) is 14.0 Å². The van der Waals surface area contributed by atoms with Crippen LogP contribution in [0.5, 0.6) is 5.88 Å². The number of hydrogen-bond donors (Lipinski definition) is 1. The molecule has 0 unspecified atom stereocenters. The van der Waals surface area contributed by atoms with Crippen molar-refractivity contribution in [1.29, 1.82) is 0 Å². The van der Waals surface area contributed by atoms with E-state index < -0.39 is 12.7 Å². The average molecular weight is 237 g/mol. The van der Waals surface area contributed by atoms with Crippen molar-refractivity contribution in [2.45, 2.75) is 19.6 Å². The lowest BCUT2D eigenvalue weighted by Gasteiger charge is -2.09. The van der Waals surface area contributed by atoms with Crippen molar-refractivity contribution in [3.8, 4) is 5.88 Å². The molecule has 4 nitrogen and oxygen atoms in total. The van der Waals surface area contributed by atoms with Crippen molar-refractivity contribution in [1.82, 2.24) is 15.1 Å². The Morgan fingerprint density at radius 1 is 1.44 bits per heavy atom. The lowest BCUT2D eigenvalue weighted by atomic mass is 10.2. The number of nitrogens with one attached hydrogen (secondary N) is 1. The van der Waals surface area contributed by atoms with E-state index >= 15 is 0 Å². The van der Waals surface area contributed by atoms with Crippen molar-refractivity contribution in [2.75, 3.05) is 13.7 Å². The van der Waals surface area contributed by atoms with Crippen molar-refractivity contribution in [3.05, 3.63) is 11.3 Å². The third-order valence-corrected chi connectivity index (χ3v) is 2.11. The minimum absolute atomic E-state index is 0.0857. The molecule has 0 saturated carbocycles. The van der Waals surface area contributed by atoms with Gasteiger partial charge in [0.2, 0.25) is 5.88 Å². The monoisotopic (exact) mass is 237 g/mol. The Morgan fingerprint density at radius 2 is 2.06 bits per heavy atom. The predicted molar refractivity (Wildman–Crippen MR) is 52.3 cm³/mol. The van der Waals surface area contributed by atoms with Crippen LogP contribution in [0.1, 0.15) is 11.3 Å². The Balaban J connectivity index is 2.66. The number of methoxy groups -OCH3 is 1. The van der Waals surface area contributed by atoms with Gasteiger partial charge in [-0.2, -0.15) is 18.3 Å². The van der Waals surface area contributed by atoms with Gasteiger partial charge >= 0.3 is 6.18 Å². The molecular weight excluding hydrogens is 223 g/mol. The summed E-state index contributed by atoms with van der Waals surface area (Å²) in [4.78, 5) is 0. The molecule has 0 radical (unpaired) electrons. The van der Waals surface area contributed by atoms with Gasteiger partial charge in [-0.15, -0.1) is 0 Å². The van der Waals surface area contributed by atoms with E-state index in [1.165, 1.54) is 11.8 Å². The zero-order valence-electron chi connectivity index (χ0n) is 9.35. The van der Waals surface area contributed by atoms with E-state index in [0.717, 1.165) is 0 Å². The first-order valence-corrected chi connectivity index (χ1v) is 4.69. The highest BCUT2D eigenvalue weighted by atomic mass is 19.4. The van der Waals surface area contributed by atoms with E-state index in [2.05, 4.69) is 10.4 Å². The summed E-state index contributed by atoms with van der Waals surface area (Å²) in [6.45, 7) is 0.792. The summed E-state index contributed by atoms with van der Waals surface area (Å²) in [7, 11) is 3.14. The first-order chi connectivity index (χ1) is 7.35. The molecular formula is C9H14F3N3O. The number of hydrogen-bond acceptors (Lipinski definition) is 3. The smallest absolute Gasteiger partial charge is 0.401 e. The molecule has 0 aliphatic rings. The van der Waals surface area contributed by atoms with Crippen LogP contribution in [-0.2, 0) is 13.6 Å². The van der Waals surface area contributed by atoms with Gasteiger partial charge in [0.1, 0.15) is 0 Å². The number of nitrogens with zero attached hydrogens (tertiary/aromatic N) is 2. The Labute approximate surface area is 91.4 Å². The highest BCUT2D eigenvalue weighted by Crippen LogP contribution is 2.21. The van der Waals surface area contributed by atoms with Crippen LogP contribution in [0.4, 0.5) is 13.2 Å². The fourth-order valence-corrected chi connectivity index (χ4v) is 1.47. The average Bonchev–Trinajstić information content (AvgIpc) is 2.39. The Morgan fingerprint density at radius 3 is 2.56 bits per heavy atom. The fraction of sp³-hybridized carbons (Fsp3) is 0.667. The van der Waals surface area contributed by atoms with E-state index in [4.69, 9.17) is 4.74 Å². The molecule has 0 fully saturated rings. The molecule has 1 N–H and O–H groups in total. The first-order valence-electron chi connectivity index (χ1n) is 4.69. The van der Waals surface area contributed by atoms with Gasteiger partial charge in [-0.1, -0.05) is 0 Å². The normalized spacial score (nSPS) is 11.9. The topological polar surface area (TPSA) is 39.1 Å². The zero-order valence-corrected chi connectivity index (χ0v) is 9.35. The maximum Gasteiger partial charge on any atom is 0.401 e. The Bertz CT molecular complexity index is 360. The number of halogens is 3. The summed E-state index contributed by atoms with van der Waals surface area (Å²) < 4.78 is 42.4. The molecule has 0 aromatic carbocycles. The second-order valence-electron chi connectivity index (χ2n) is 3.42. The maximum absolute atomic E-state index is 11.9. The molecule has 1 aromatic rings. The van der Waals surface area contributed by atoms with Crippen LogP contribution < -0.4 is 10.1 Å². The minimum Gasteiger partial charge on any atom is -0.481 e. The highest BCUT2D eigenvalue weighted by molar-refractivity contribution is 5.30. The number of alkyl halides is 3. The van der Waals surface area contributed by atoms with Crippen LogP contribution >= 0.6 is 0 Å². The van der Waals surface area contributed by atoms with Gasteiger partial charge in [0.15, 0.2) is 0 Å². The zero-order chi connectivity index (χ0) is 12.3. The molecule has 16 heavy (non-hydrogen) atoms. The van der Waals surface area contributed by atoms with E-state index in [0.29, 0.717) is 17.1 Å². The maximum atomic E-state index is 11.9. The molecule has 1 aromatic heterocycles. The summed E-state index contributed by atoms with van der Waals surface area (Å²) in [5.74, 6) is 0.479. The molecule has 0 aliphatic heterocycles. The predicted octanol–water partition coefficient (Wildman–Crippen LogP) is 1.39. The molecule has 0 amide bonds. The third kappa shape index (κ3) is 3.13. The molecule has 1 heterocycles. The fourth-order valence-electron chi connectivity index (χ4n) is 1.47. The molecule has 7 heteroatoms. The Hall–Kier alpha value is -1.24. The largest absolute Gasteiger partial charge is 0.481 e. The summed E-state index contributed by atoms with van der Waals surface area (Å²) >= 11 is 0. The van der Waals surface area contributed by atoms with Crippen LogP contribution in [0.2, 0.25) is 0 Å². The summed E-state index contributed by atoms with van der Waals surface area (Å²) in [6.07, 6.45) is -4.21. The molecule has 0 atom stereocenters. The number of rotatable bonds is 4. The lowest BCUT2D eigenvalue weighted by Crippen LogP contribution is -2.28. The number of aromatic nitrogens is 2. The SMILES string of the molecule is COc1c(CNCC(F)(F)F)c(C)nn1C. The highest BCUT2D eigenvalue weighted by Gasteiger charge is 2.26. The van der Waals surface area contributed by atoms with Gasteiger partial charge in [-0.3, -0.25) is 0 Å². The van der Waals surface area contributed by atoms with E-state index in [1.807, 2.05) is 0 Å². The molecule has 1 rings (SSSR count). The summed E-state index contributed by atoms with van der Waals surface area (Å²) in [6, 6.07) is 0. The van der Waals surface area contributed by atoms with E-state index in [-0.39, 0.29) is 6.54 Å². The van der Waals surface area contributed by atoms with Gasteiger partial charge in [-0.25, -0.2) is 4.68 Å². The Kier molecular flexibility index (Phi) is 3.79. The first kappa shape index (κ1) is 12.8. The van der Waals surface area contributed by atoms with E-state index in [9.17, 15) is 13.2 Å². The van der Waals surface area contributed by atoms with Crippen LogP contribution in [0.25, 0.3) is 0 Å². The van der Waals surface area contributed by atoms with Gasteiger partial charge < -0.3 is 10.1 Å². The van der Waals surface area contributed by atoms with Gasteiger partial charge in [-0.05, 0) is 6.92 Å². The van der Waals surface area contributed by atoms with Crippen molar-refractivity contribution >= 4 is 0 Å². The molecule has 0 spiro atoms. The quantitative estimate of drug-likeness (QED) is 0.860. The van der Waals surface area contributed by atoms with Gasteiger partial charge in [0.05, 0.1) is 24.9 Å². The molecule has 0 bridgehead atoms. The summed E-state index contributed by atoms with van der Waals surface area (Å²) in [5, 5.41) is 6.38. The minimum atomic E-state index is -4.21. The molecule has 0 saturated heterocycles. The molecule has 92 valence electrons. The molecule has 0 aliphatic carbocycles. The van der Waals surface area contributed by atoms with Crippen molar-refractivity contribution < 1.29 is 17.9 Å². The van der Waals surface area contributed by atoms with Gasteiger partial charge in [0, 0.05) is 13.6 Å². The van der Waals surface area contributed by atoms with Crippen molar-refractivity contribution in [2.24, 2.45) is 7.05 Å². The van der Waals surface area contributed by atoms with Gasteiger partial charge in [0.25, 0.3) is 0 Å². The number of ether oxygens (including phenoxy) is 1. The van der Waals surface area contributed by atoms with Crippen LogP contribution in [0.15, 0.2) is 0 Å². The van der Waals surface area contributed by atoms with Crippen LogP contribution in [0, 0.1) is 6.92 Å². The standard InChI is InChI=1S/C9H14F3N3O/c1-6-7(4-13-5-9(10,11)12)8(16-3)15(2)14-6/h13H,4-5H2,1-3H3. The van der Waals surface area contributed by atoms with Crippen LogP contribution in [0.3, 0.4) is 0 Å². The summed E-state index contributed by atoms with van der Waals surface area (Å²) in [5.41, 5.74) is 1.31.